The van der Waals surface area contributed by atoms with Gasteiger partial charge in [0.05, 0.1) is 25.9 Å². The Morgan fingerprint density at radius 3 is 2.41 bits per heavy atom. The minimum absolute atomic E-state index is 0.287. The second kappa shape index (κ2) is 9.04. The first-order chi connectivity index (χ1) is 12.9. The van der Waals surface area contributed by atoms with Gasteiger partial charge in [0.15, 0.2) is 0 Å². The van der Waals surface area contributed by atoms with Gasteiger partial charge in [-0.1, -0.05) is 6.07 Å². The molecule has 0 heterocycles. The average Bonchev–Trinajstić information content (AvgIpc) is 2.66. The van der Waals surface area contributed by atoms with Crippen LogP contribution in [-0.2, 0) is 9.59 Å². The van der Waals surface area contributed by atoms with Crippen LogP contribution < -0.4 is 25.2 Å². The van der Waals surface area contributed by atoms with E-state index in [2.05, 4.69) is 10.6 Å². The summed E-state index contributed by atoms with van der Waals surface area (Å²) >= 11 is 0. The highest BCUT2D eigenvalue weighted by molar-refractivity contribution is 6.07. The Labute approximate surface area is 155 Å². The van der Waals surface area contributed by atoms with Crippen LogP contribution in [0.5, 0.6) is 11.5 Å². The molecule has 0 atom stereocenters. The van der Waals surface area contributed by atoms with Crippen molar-refractivity contribution >= 4 is 29.2 Å². The van der Waals surface area contributed by atoms with Crippen molar-refractivity contribution in [2.75, 3.05) is 24.9 Å². The zero-order valence-electron chi connectivity index (χ0n) is 14.6. The highest BCUT2D eigenvalue weighted by Crippen LogP contribution is 2.29. The Balaban J connectivity index is 2.13. The largest absolute Gasteiger partial charge is 0.545 e. The molecule has 27 heavy (non-hydrogen) atoms. The van der Waals surface area contributed by atoms with E-state index in [4.69, 9.17) is 9.47 Å². The van der Waals surface area contributed by atoms with Crippen molar-refractivity contribution < 1.29 is 29.0 Å². The van der Waals surface area contributed by atoms with Gasteiger partial charge in [-0.05, 0) is 36.4 Å². The lowest BCUT2D eigenvalue weighted by atomic mass is 10.1. The van der Waals surface area contributed by atoms with Crippen molar-refractivity contribution in [3.63, 3.8) is 0 Å². The van der Waals surface area contributed by atoms with Gasteiger partial charge in [-0.25, -0.2) is 0 Å². The number of benzene rings is 2. The lowest BCUT2D eigenvalue weighted by molar-refractivity contribution is -0.297. The fourth-order valence-electron chi connectivity index (χ4n) is 2.16. The molecule has 2 N–H and O–H groups in total. The van der Waals surface area contributed by atoms with E-state index >= 15 is 0 Å². The molecule has 0 aliphatic heterocycles. The average molecular weight is 369 g/mol. The molecular weight excluding hydrogens is 352 g/mol. The third-order valence-electron chi connectivity index (χ3n) is 3.42. The van der Waals surface area contributed by atoms with Crippen molar-refractivity contribution in [2.45, 2.75) is 0 Å². The number of carboxylic acid groups (broad SMARTS) is 1. The van der Waals surface area contributed by atoms with E-state index in [-0.39, 0.29) is 5.56 Å². The van der Waals surface area contributed by atoms with E-state index in [9.17, 15) is 19.5 Å². The summed E-state index contributed by atoms with van der Waals surface area (Å²) in [6.07, 6.45) is 1.44. The molecule has 2 rings (SSSR count). The molecule has 2 aromatic carbocycles. The molecule has 0 saturated carbocycles. The normalized spacial score (nSPS) is 10.3. The summed E-state index contributed by atoms with van der Waals surface area (Å²) in [6, 6.07) is 11.1. The molecular formula is C19H17N2O6-. The smallest absolute Gasteiger partial charge is 0.255 e. The lowest BCUT2D eigenvalue weighted by Gasteiger charge is -2.12. The topological polar surface area (TPSA) is 117 Å². The van der Waals surface area contributed by atoms with Crippen molar-refractivity contribution in [1.82, 2.24) is 0 Å². The minimum atomic E-state index is -1.48. The molecule has 0 aromatic heterocycles. The number of aliphatic carboxylic acids is 1. The molecule has 0 aliphatic carbocycles. The monoisotopic (exact) mass is 369 g/mol. The molecule has 0 spiro atoms. The summed E-state index contributed by atoms with van der Waals surface area (Å²) in [5.74, 6) is -1.54. The molecule has 0 bridgehead atoms. The summed E-state index contributed by atoms with van der Waals surface area (Å²) in [5.41, 5.74) is 1.07. The molecule has 2 aromatic rings. The minimum Gasteiger partial charge on any atom is -0.545 e. The molecule has 0 aliphatic rings. The molecule has 0 unspecified atom stereocenters. The first-order valence-corrected chi connectivity index (χ1v) is 7.76. The van der Waals surface area contributed by atoms with Gasteiger partial charge < -0.3 is 30.0 Å². The van der Waals surface area contributed by atoms with Crippen molar-refractivity contribution in [3.05, 3.63) is 60.2 Å². The van der Waals surface area contributed by atoms with Crippen molar-refractivity contribution in [1.29, 1.82) is 0 Å². The van der Waals surface area contributed by atoms with Crippen LogP contribution in [0.2, 0.25) is 0 Å². The fourth-order valence-corrected chi connectivity index (χ4v) is 2.16. The second-order valence-electron chi connectivity index (χ2n) is 5.24. The zero-order valence-corrected chi connectivity index (χ0v) is 14.6. The first-order valence-electron chi connectivity index (χ1n) is 7.76. The van der Waals surface area contributed by atoms with Crippen LogP contribution >= 0.6 is 0 Å². The molecule has 2 amide bonds. The van der Waals surface area contributed by atoms with Gasteiger partial charge in [0.1, 0.15) is 11.5 Å². The quantitative estimate of drug-likeness (QED) is 0.709. The SMILES string of the molecule is COc1ccc(NC(=O)c2cccc(NC(=O)C=CC(=O)[O-])c2)c(OC)c1. The first kappa shape index (κ1) is 19.5. The summed E-state index contributed by atoms with van der Waals surface area (Å²) < 4.78 is 10.3. The third-order valence-corrected chi connectivity index (χ3v) is 3.42. The maximum absolute atomic E-state index is 12.5. The molecule has 140 valence electrons. The summed E-state index contributed by atoms with van der Waals surface area (Å²) in [4.78, 5) is 34.4. The predicted molar refractivity (Wildman–Crippen MR) is 96.7 cm³/mol. The number of methoxy groups -OCH3 is 2. The Bertz CT molecular complexity index is 892. The number of rotatable bonds is 7. The summed E-state index contributed by atoms with van der Waals surface area (Å²) in [7, 11) is 3.00. The fraction of sp³-hybridized carbons (Fsp3) is 0.105. The molecule has 0 fully saturated rings. The van der Waals surface area contributed by atoms with Crippen molar-refractivity contribution in [2.24, 2.45) is 0 Å². The number of carbonyl (C=O) groups excluding carboxylic acids is 3. The zero-order chi connectivity index (χ0) is 19.8. The van der Waals surface area contributed by atoms with Crippen molar-refractivity contribution in [3.8, 4) is 11.5 Å². The van der Waals surface area contributed by atoms with Gasteiger partial charge in [-0.3, -0.25) is 9.59 Å². The number of nitrogens with one attached hydrogen (secondary N) is 2. The van der Waals surface area contributed by atoms with Crippen LogP contribution in [0.1, 0.15) is 10.4 Å². The van der Waals surface area contributed by atoms with Gasteiger partial charge in [-0.15, -0.1) is 0 Å². The van der Waals surface area contributed by atoms with Crippen LogP contribution in [-0.4, -0.2) is 32.0 Å². The van der Waals surface area contributed by atoms with Gasteiger partial charge in [0.25, 0.3) is 5.91 Å². The maximum atomic E-state index is 12.5. The van der Waals surface area contributed by atoms with Crippen LogP contribution in [0, 0.1) is 0 Å². The van der Waals surface area contributed by atoms with Gasteiger partial charge in [0.2, 0.25) is 5.91 Å². The molecule has 8 nitrogen and oxygen atoms in total. The van der Waals surface area contributed by atoms with Gasteiger partial charge >= 0.3 is 0 Å². The Morgan fingerprint density at radius 1 is 0.963 bits per heavy atom. The Kier molecular flexibility index (Phi) is 6.54. The van der Waals surface area contributed by atoms with E-state index in [1.54, 1.807) is 36.4 Å². The predicted octanol–water partition coefficient (Wildman–Crippen LogP) is 1.20. The molecule has 8 heteroatoms. The van der Waals surface area contributed by atoms with Gasteiger partial charge in [0, 0.05) is 23.4 Å². The lowest BCUT2D eigenvalue weighted by Crippen LogP contribution is -2.20. The van der Waals surface area contributed by atoms with E-state index < -0.39 is 17.8 Å². The molecule has 0 saturated heterocycles. The van der Waals surface area contributed by atoms with Crippen LogP contribution in [0.4, 0.5) is 11.4 Å². The third kappa shape index (κ3) is 5.60. The molecule has 0 radical (unpaired) electrons. The van der Waals surface area contributed by atoms with Gasteiger partial charge in [-0.2, -0.15) is 0 Å². The highest BCUT2D eigenvalue weighted by atomic mass is 16.5. The number of ether oxygens (including phenoxy) is 2. The van der Waals surface area contributed by atoms with E-state index in [0.29, 0.717) is 28.9 Å². The van der Waals surface area contributed by atoms with E-state index in [0.717, 1.165) is 6.08 Å². The van der Waals surface area contributed by atoms with E-state index in [1.807, 2.05) is 0 Å². The summed E-state index contributed by atoms with van der Waals surface area (Å²) in [5, 5.41) is 15.5. The number of anilines is 2. The Morgan fingerprint density at radius 2 is 1.74 bits per heavy atom. The maximum Gasteiger partial charge on any atom is 0.255 e. The number of carboxylic acids is 1. The van der Waals surface area contributed by atoms with E-state index in [1.165, 1.54) is 20.3 Å². The van der Waals surface area contributed by atoms with Crippen LogP contribution in [0.25, 0.3) is 0 Å². The van der Waals surface area contributed by atoms with Crippen LogP contribution in [0.3, 0.4) is 0 Å². The standard InChI is InChI=1S/C19H18N2O6/c1-26-14-6-7-15(16(11-14)27-2)21-19(25)12-4-3-5-13(10-12)20-17(22)8-9-18(23)24/h3-11H,1-2H3,(H,20,22)(H,21,25)(H,23,24)/p-1. The summed E-state index contributed by atoms with van der Waals surface area (Å²) in [6.45, 7) is 0. The van der Waals surface area contributed by atoms with Crippen LogP contribution in [0.15, 0.2) is 54.6 Å². The number of amides is 2. The Hall–Kier alpha value is -3.81. The second-order valence-corrected chi connectivity index (χ2v) is 5.24. The number of hydrogen-bond acceptors (Lipinski definition) is 6. The highest BCUT2D eigenvalue weighted by Gasteiger charge is 2.11. The number of hydrogen-bond donors (Lipinski definition) is 2. The number of carbonyl (C=O) groups is 3.